The van der Waals surface area contributed by atoms with Crippen LogP contribution in [0.3, 0.4) is 0 Å². The van der Waals surface area contributed by atoms with Crippen LogP contribution in [0.5, 0.6) is 0 Å². The number of piperidine rings is 1. The average Bonchev–Trinajstić information content (AvgIpc) is 3.21. The monoisotopic (exact) mass is 423 g/mol. The summed E-state index contributed by atoms with van der Waals surface area (Å²) in [7, 11) is 1.74. The van der Waals surface area contributed by atoms with Gasteiger partial charge in [0.2, 0.25) is 5.89 Å². The summed E-state index contributed by atoms with van der Waals surface area (Å²) in [6.45, 7) is 0.817. The van der Waals surface area contributed by atoms with E-state index in [1.165, 1.54) is 23.0 Å². The number of anilines is 1. The summed E-state index contributed by atoms with van der Waals surface area (Å²) in [5, 5.41) is 4.18. The van der Waals surface area contributed by atoms with Crippen LogP contribution in [0, 0.1) is 23.5 Å². The SMILES string of the molecule is Cn1cnc2ncn(Cc3nc([C@@]45C6[C@H]4[C@H]5CN6c4cc(F)cc(F)c4)no3)c(=O)c21. The zero-order chi connectivity index (χ0) is 21.1. The molecular formula is C20H15F2N7O2. The van der Waals surface area contributed by atoms with E-state index in [1.54, 1.807) is 17.9 Å². The Bertz CT molecular complexity index is 1430. The van der Waals surface area contributed by atoms with E-state index in [-0.39, 0.29) is 23.6 Å². The molecular weight excluding hydrogens is 408 g/mol. The lowest BCUT2D eigenvalue weighted by Crippen LogP contribution is -2.23. The van der Waals surface area contributed by atoms with Crippen molar-refractivity contribution in [2.24, 2.45) is 18.9 Å². The Morgan fingerprint density at radius 2 is 1.97 bits per heavy atom. The fraction of sp³-hybridized carbons (Fsp3) is 0.350. The highest BCUT2D eigenvalue weighted by molar-refractivity contribution is 5.69. The first kappa shape index (κ1) is 17.1. The van der Waals surface area contributed by atoms with Crippen molar-refractivity contribution >= 4 is 16.9 Å². The second-order valence-corrected chi connectivity index (χ2v) is 8.51. The molecule has 1 unspecified atom stereocenters. The first-order chi connectivity index (χ1) is 15.0. The number of aryl methyl sites for hydroxylation is 1. The second-order valence-electron chi connectivity index (χ2n) is 8.51. The number of hydrogen-bond donors (Lipinski definition) is 0. The lowest BCUT2D eigenvalue weighted by atomic mass is 10.1. The van der Waals surface area contributed by atoms with Crippen molar-refractivity contribution in [3.63, 3.8) is 0 Å². The van der Waals surface area contributed by atoms with Gasteiger partial charge in [-0.25, -0.2) is 18.7 Å². The third kappa shape index (κ3) is 2.05. The van der Waals surface area contributed by atoms with Gasteiger partial charge in [0, 0.05) is 37.3 Å². The standard InChI is InChI=1S/C20H15F2N7O2/c1-27-7-23-17-15(27)18(30)28(8-24-17)6-13-25-19(26-31-13)20-12-5-29(16(20)14(12)20)11-3-9(21)2-10(22)4-11/h2-4,7-8,12,14,16H,5-6H2,1H3/t12-,14-,16?,20-/m1/s1. The molecule has 8 rings (SSSR count). The maximum atomic E-state index is 13.6. The van der Waals surface area contributed by atoms with E-state index >= 15 is 0 Å². The van der Waals surface area contributed by atoms with Crippen molar-refractivity contribution in [3.8, 4) is 0 Å². The number of halogens is 2. The highest BCUT2D eigenvalue weighted by atomic mass is 19.1. The van der Waals surface area contributed by atoms with Gasteiger partial charge in [0.15, 0.2) is 17.0 Å². The molecule has 1 aromatic carbocycles. The summed E-state index contributed by atoms with van der Waals surface area (Å²) >= 11 is 0. The van der Waals surface area contributed by atoms with Crippen LogP contribution >= 0.6 is 0 Å². The summed E-state index contributed by atoms with van der Waals surface area (Å²) in [5.74, 6) is 0.465. The van der Waals surface area contributed by atoms with Gasteiger partial charge in [-0.1, -0.05) is 5.16 Å². The van der Waals surface area contributed by atoms with Crippen LogP contribution in [-0.4, -0.2) is 41.8 Å². The van der Waals surface area contributed by atoms with Gasteiger partial charge in [0.25, 0.3) is 5.56 Å². The van der Waals surface area contributed by atoms with E-state index in [1.807, 2.05) is 4.90 Å². The van der Waals surface area contributed by atoms with Gasteiger partial charge in [-0.15, -0.1) is 0 Å². The molecule has 0 amide bonds. The third-order valence-corrected chi connectivity index (χ3v) is 6.98. The van der Waals surface area contributed by atoms with E-state index < -0.39 is 11.6 Å². The molecule has 11 heteroatoms. The fourth-order valence-corrected chi connectivity index (χ4v) is 5.53. The molecule has 0 N–H and O–H groups in total. The molecule has 4 aliphatic rings. The van der Waals surface area contributed by atoms with Crippen molar-refractivity contribution in [1.82, 2.24) is 29.2 Å². The van der Waals surface area contributed by atoms with E-state index in [2.05, 4.69) is 20.1 Å². The second kappa shape index (κ2) is 5.34. The molecule has 2 saturated heterocycles. The fourth-order valence-electron chi connectivity index (χ4n) is 5.53. The van der Waals surface area contributed by atoms with E-state index in [0.29, 0.717) is 46.9 Å². The number of nitrogens with zero attached hydrogens (tertiary/aromatic N) is 7. The summed E-state index contributed by atoms with van der Waals surface area (Å²) in [4.78, 5) is 27.6. The van der Waals surface area contributed by atoms with E-state index in [9.17, 15) is 13.6 Å². The van der Waals surface area contributed by atoms with Crippen molar-refractivity contribution < 1.29 is 13.3 Å². The Kier molecular flexibility index (Phi) is 2.94. The topological polar surface area (TPSA) is 94.9 Å². The molecule has 2 aliphatic carbocycles. The van der Waals surface area contributed by atoms with Gasteiger partial charge in [-0.3, -0.25) is 9.36 Å². The molecule has 3 aromatic heterocycles. The van der Waals surface area contributed by atoms with Crippen molar-refractivity contribution in [2.75, 3.05) is 11.4 Å². The van der Waals surface area contributed by atoms with Gasteiger partial charge in [-0.2, -0.15) is 4.98 Å². The summed E-state index contributed by atoms with van der Waals surface area (Å²) < 4.78 is 35.8. The van der Waals surface area contributed by atoms with Crippen LogP contribution in [0.2, 0.25) is 0 Å². The van der Waals surface area contributed by atoms with Crippen molar-refractivity contribution in [3.05, 3.63) is 64.6 Å². The number of fused-ring (bicyclic) bond motifs is 2. The normalized spacial score (nSPS) is 27.7. The van der Waals surface area contributed by atoms with Crippen molar-refractivity contribution in [2.45, 2.75) is 18.0 Å². The highest BCUT2D eigenvalue weighted by Gasteiger charge is 2.95. The van der Waals surface area contributed by atoms with Crippen LogP contribution in [0.1, 0.15) is 11.7 Å². The Morgan fingerprint density at radius 3 is 2.74 bits per heavy atom. The molecule has 156 valence electrons. The molecule has 5 heterocycles. The molecule has 0 radical (unpaired) electrons. The number of aromatic nitrogens is 6. The first-order valence-corrected chi connectivity index (χ1v) is 9.90. The number of rotatable bonds is 4. The Morgan fingerprint density at radius 1 is 1.19 bits per heavy atom. The van der Waals surface area contributed by atoms with Gasteiger partial charge in [0.1, 0.15) is 24.5 Å². The van der Waals surface area contributed by atoms with Crippen LogP contribution in [0.25, 0.3) is 11.2 Å². The van der Waals surface area contributed by atoms with E-state index in [4.69, 9.17) is 4.52 Å². The molecule has 2 aliphatic heterocycles. The molecule has 4 fully saturated rings. The van der Waals surface area contributed by atoms with Crippen LogP contribution in [0.4, 0.5) is 14.5 Å². The molecule has 0 spiro atoms. The Hall–Kier alpha value is -3.63. The quantitative estimate of drug-likeness (QED) is 0.487. The zero-order valence-corrected chi connectivity index (χ0v) is 16.2. The lowest BCUT2D eigenvalue weighted by molar-refractivity contribution is 0.362. The van der Waals surface area contributed by atoms with Gasteiger partial charge < -0.3 is 14.0 Å². The van der Waals surface area contributed by atoms with Crippen LogP contribution in [-0.2, 0) is 19.0 Å². The average molecular weight is 423 g/mol. The van der Waals surface area contributed by atoms with Gasteiger partial charge >= 0.3 is 0 Å². The minimum atomic E-state index is -0.588. The minimum absolute atomic E-state index is 0.106. The smallest absolute Gasteiger partial charge is 0.280 e. The largest absolute Gasteiger partial charge is 0.367 e. The highest BCUT2D eigenvalue weighted by Crippen LogP contribution is 2.85. The third-order valence-electron chi connectivity index (χ3n) is 6.98. The summed E-state index contributed by atoms with van der Waals surface area (Å²) in [6, 6.07) is 3.70. The van der Waals surface area contributed by atoms with Gasteiger partial charge in [0.05, 0.1) is 11.7 Å². The maximum absolute atomic E-state index is 13.6. The zero-order valence-electron chi connectivity index (χ0n) is 16.2. The predicted molar refractivity (Wildman–Crippen MR) is 102 cm³/mol. The maximum Gasteiger partial charge on any atom is 0.280 e. The minimum Gasteiger partial charge on any atom is -0.367 e. The summed E-state index contributed by atoms with van der Waals surface area (Å²) in [6.07, 6.45) is 2.96. The van der Waals surface area contributed by atoms with Crippen molar-refractivity contribution in [1.29, 1.82) is 0 Å². The van der Waals surface area contributed by atoms with Gasteiger partial charge in [-0.05, 0) is 18.1 Å². The molecule has 4 atom stereocenters. The summed E-state index contributed by atoms with van der Waals surface area (Å²) in [5.41, 5.74) is 0.886. The van der Waals surface area contributed by atoms with Crippen LogP contribution < -0.4 is 10.5 Å². The molecule has 2 saturated carbocycles. The number of hydrogen-bond acceptors (Lipinski definition) is 7. The molecule has 4 aromatic rings. The predicted octanol–water partition coefficient (Wildman–Crippen LogP) is 1.23. The molecule has 31 heavy (non-hydrogen) atoms. The van der Waals surface area contributed by atoms with Crippen LogP contribution in [0.15, 0.2) is 40.2 Å². The Labute approximate surface area is 172 Å². The number of benzene rings is 1. The number of imidazole rings is 1. The first-order valence-electron chi connectivity index (χ1n) is 9.90. The molecule has 9 nitrogen and oxygen atoms in total. The Balaban J connectivity index is 1.16. The van der Waals surface area contributed by atoms with E-state index in [0.717, 1.165) is 6.07 Å². The lowest BCUT2D eigenvalue weighted by Gasteiger charge is -2.18. The molecule has 2 bridgehead atoms.